The minimum absolute atomic E-state index is 0. The summed E-state index contributed by atoms with van der Waals surface area (Å²) in [5.41, 5.74) is 0.0878. The molecule has 0 bridgehead atoms. The van der Waals surface area contributed by atoms with E-state index < -0.39 is 22.8 Å². The molecular weight excluding hydrogens is 351 g/mol. The molecule has 132 valence electrons. The van der Waals surface area contributed by atoms with E-state index in [1.807, 2.05) is 6.92 Å². The lowest BCUT2D eigenvalue weighted by molar-refractivity contribution is -0.135. The lowest BCUT2D eigenvalue weighted by atomic mass is 9.81. The molecule has 0 radical (unpaired) electrons. The highest BCUT2D eigenvalue weighted by atomic mass is 35.5. The molecular formula is C15H21ClF3NO2S. The Morgan fingerprint density at radius 2 is 2.13 bits per heavy atom. The molecule has 1 unspecified atom stereocenters. The van der Waals surface area contributed by atoms with Crippen molar-refractivity contribution in [2.45, 2.75) is 57.0 Å². The first kappa shape index (κ1) is 19.0. The lowest BCUT2D eigenvalue weighted by Crippen LogP contribution is -2.48. The Kier molecular flexibility index (Phi) is 5.38. The van der Waals surface area contributed by atoms with Crippen molar-refractivity contribution in [3.8, 4) is 0 Å². The van der Waals surface area contributed by atoms with E-state index in [-0.39, 0.29) is 24.0 Å². The lowest BCUT2D eigenvalue weighted by Gasteiger charge is -2.43. The number of nitrogens with one attached hydrogen (secondary N) is 1. The van der Waals surface area contributed by atoms with E-state index in [0.717, 1.165) is 17.9 Å². The normalized spacial score (nSPS) is 29.0. The second-order valence-electron chi connectivity index (χ2n) is 6.23. The predicted octanol–water partition coefficient (Wildman–Crippen LogP) is 3.78. The van der Waals surface area contributed by atoms with Crippen molar-refractivity contribution in [3.05, 3.63) is 20.9 Å². The number of halogens is 4. The maximum atomic E-state index is 13.4. The molecule has 1 fully saturated rings. The fraction of sp³-hybridized carbons (Fsp3) is 0.733. The molecule has 1 aromatic heterocycles. The average Bonchev–Trinajstić information content (AvgIpc) is 2.80. The number of ether oxygens (including phenoxy) is 1. The van der Waals surface area contributed by atoms with Crippen molar-refractivity contribution >= 4 is 23.7 Å². The number of hydrogen-bond donors (Lipinski definition) is 2. The van der Waals surface area contributed by atoms with Gasteiger partial charge in [-0.1, -0.05) is 0 Å². The number of fused-ring (bicyclic) bond motifs is 2. The van der Waals surface area contributed by atoms with Gasteiger partial charge >= 0.3 is 6.18 Å². The molecule has 1 saturated heterocycles. The summed E-state index contributed by atoms with van der Waals surface area (Å²) in [5, 5.41) is 13.2. The third kappa shape index (κ3) is 3.26. The third-order valence-corrected chi connectivity index (χ3v) is 6.00. The van der Waals surface area contributed by atoms with Crippen LogP contribution in [0.1, 0.15) is 53.7 Å². The van der Waals surface area contributed by atoms with Gasteiger partial charge in [0.2, 0.25) is 0 Å². The van der Waals surface area contributed by atoms with Crippen molar-refractivity contribution in [2.75, 3.05) is 13.2 Å². The summed E-state index contributed by atoms with van der Waals surface area (Å²) >= 11 is 0.767. The maximum Gasteiger partial charge on any atom is 0.425 e. The van der Waals surface area contributed by atoms with Crippen LogP contribution in [0.15, 0.2) is 0 Å². The van der Waals surface area contributed by atoms with Gasteiger partial charge < -0.3 is 15.2 Å². The van der Waals surface area contributed by atoms with Crippen LogP contribution in [0.5, 0.6) is 0 Å². The van der Waals surface area contributed by atoms with Crippen LogP contribution in [0.3, 0.4) is 0 Å². The van der Waals surface area contributed by atoms with E-state index in [2.05, 4.69) is 5.32 Å². The predicted molar refractivity (Wildman–Crippen MR) is 85.2 cm³/mol. The number of rotatable bonds is 1. The van der Waals surface area contributed by atoms with Gasteiger partial charge in [0.1, 0.15) is 10.5 Å². The van der Waals surface area contributed by atoms with Gasteiger partial charge in [-0.15, -0.1) is 23.7 Å². The number of piperidine rings is 1. The molecule has 3 rings (SSSR count). The van der Waals surface area contributed by atoms with Crippen LogP contribution in [-0.4, -0.2) is 24.3 Å². The number of thiophene rings is 1. The van der Waals surface area contributed by atoms with E-state index in [4.69, 9.17) is 4.74 Å². The quantitative estimate of drug-likeness (QED) is 0.789. The molecule has 23 heavy (non-hydrogen) atoms. The summed E-state index contributed by atoms with van der Waals surface area (Å²) in [6, 6.07) is 0.200. The largest absolute Gasteiger partial charge is 0.425 e. The van der Waals surface area contributed by atoms with Gasteiger partial charge in [0.05, 0.1) is 12.7 Å². The zero-order valence-electron chi connectivity index (χ0n) is 13.0. The second kappa shape index (κ2) is 6.52. The van der Waals surface area contributed by atoms with Gasteiger partial charge in [0.15, 0.2) is 0 Å². The van der Waals surface area contributed by atoms with Gasteiger partial charge in [-0.05, 0) is 45.2 Å². The molecule has 3 nitrogen and oxygen atoms in total. The van der Waals surface area contributed by atoms with Crippen molar-refractivity contribution in [1.82, 2.24) is 5.32 Å². The van der Waals surface area contributed by atoms with Crippen molar-refractivity contribution < 1.29 is 23.0 Å². The summed E-state index contributed by atoms with van der Waals surface area (Å²) < 4.78 is 46.1. The van der Waals surface area contributed by atoms with Crippen LogP contribution in [-0.2, 0) is 22.9 Å². The summed E-state index contributed by atoms with van der Waals surface area (Å²) in [6.07, 6.45) is -3.79. The number of alkyl halides is 3. The van der Waals surface area contributed by atoms with Gasteiger partial charge in [0, 0.05) is 16.5 Å². The Hall–Kier alpha value is -0.340. The Morgan fingerprint density at radius 3 is 2.70 bits per heavy atom. The van der Waals surface area contributed by atoms with Crippen LogP contribution < -0.4 is 5.32 Å². The summed E-state index contributed by atoms with van der Waals surface area (Å²) in [6.45, 7) is 4.56. The van der Waals surface area contributed by atoms with E-state index in [1.54, 1.807) is 0 Å². The van der Waals surface area contributed by atoms with E-state index in [0.29, 0.717) is 36.3 Å². The van der Waals surface area contributed by atoms with Crippen LogP contribution >= 0.6 is 23.7 Å². The summed E-state index contributed by atoms with van der Waals surface area (Å²) in [7, 11) is 0. The highest BCUT2D eigenvalue weighted by Gasteiger charge is 2.48. The monoisotopic (exact) mass is 371 g/mol. The molecule has 3 atom stereocenters. The molecule has 2 aliphatic rings. The first-order valence-corrected chi connectivity index (χ1v) is 8.35. The molecule has 0 amide bonds. The molecule has 1 aromatic rings. The Bertz CT molecular complexity index is 576. The zero-order valence-corrected chi connectivity index (χ0v) is 14.6. The summed E-state index contributed by atoms with van der Waals surface area (Å²) in [5.74, 6) is 0. The van der Waals surface area contributed by atoms with E-state index in [1.165, 1.54) is 6.92 Å². The Balaban J connectivity index is 0.00000192. The minimum Gasteiger partial charge on any atom is -0.389 e. The Labute approximate surface area is 143 Å². The molecule has 0 aliphatic carbocycles. The van der Waals surface area contributed by atoms with Gasteiger partial charge in [-0.25, -0.2) is 0 Å². The van der Waals surface area contributed by atoms with Crippen molar-refractivity contribution in [3.63, 3.8) is 0 Å². The molecule has 1 spiro atoms. The first-order chi connectivity index (χ1) is 10.2. The van der Waals surface area contributed by atoms with Crippen molar-refractivity contribution in [1.29, 1.82) is 0 Å². The van der Waals surface area contributed by atoms with Crippen LogP contribution in [0.25, 0.3) is 0 Å². The van der Waals surface area contributed by atoms with Crippen LogP contribution in [0, 0.1) is 0 Å². The SMILES string of the molecule is CC(O)c1c(C(F)(F)F)sc2c1CCO[C@@]21CCN[C@@H](C)C1.Cl. The van der Waals surface area contributed by atoms with Crippen LogP contribution in [0.4, 0.5) is 13.2 Å². The molecule has 2 N–H and O–H groups in total. The highest BCUT2D eigenvalue weighted by molar-refractivity contribution is 7.12. The third-order valence-electron chi connectivity index (χ3n) is 4.52. The molecule has 0 aromatic carbocycles. The fourth-order valence-electron chi connectivity index (χ4n) is 3.69. The second-order valence-corrected chi connectivity index (χ2v) is 7.25. The molecule has 8 heteroatoms. The topological polar surface area (TPSA) is 41.5 Å². The number of aliphatic hydroxyl groups excluding tert-OH is 1. The zero-order chi connectivity index (χ0) is 16.1. The van der Waals surface area contributed by atoms with Crippen LogP contribution in [0.2, 0.25) is 0 Å². The van der Waals surface area contributed by atoms with Gasteiger partial charge in [-0.3, -0.25) is 0 Å². The highest BCUT2D eigenvalue weighted by Crippen LogP contribution is 2.52. The van der Waals surface area contributed by atoms with Gasteiger partial charge in [0.25, 0.3) is 0 Å². The maximum absolute atomic E-state index is 13.4. The van der Waals surface area contributed by atoms with Gasteiger partial charge in [-0.2, -0.15) is 13.2 Å². The molecule has 2 aliphatic heterocycles. The summed E-state index contributed by atoms with van der Waals surface area (Å²) in [4.78, 5) is 0.0129. The number of hydrogen-bond acceptors (Lipinski definition) is 4. The fourth-order valence-corrected chi connectivity index (χ4v) is 5.18. The molecule has 0 saturated carbocycles. The smallest absolute Gasteiger partial charge is 0.389 e. The Morgan fingerprint density at radius 1 is 1.43 bits per heavy atom. The van der Waals surface area contributed by atoms with E-state index >= 15 is 0 Å². The number of aliphatic hydroxyl groups is 1. The van der Waals surface area contributed by atoms with E-state index in [9.17, 15) is 18.3 Å². The first-order valence-electron chi connectivity index (χ1n) is 7.53. The minimum atomic E-state index is -4.44. The molecule has 3 heterocycles. The standard InChI is InChI=1S/C15H20F3NO2S.ClH/c1-8-7-14(4-5-19-8)12-10(3-6-21-14)11(9(2)20)13(22-12)15(16,17)18;/h8-9,19-20H,3-7H2,1-2H3;1H/t8-,9?,14+;/m0./s1. The van der Waals surface area contributed by atoms with Crippen molar-refractivity contribution in [2.24, 2.45) is 0 Å². The average molecular weight is 372 g/mol.